The van der Waals surface area contributed by atoms with E-state index in [2.05, 4.69) is 37.3 Å². The molecule has 9 heteroatoms. The number of ketones is 2. The van der Waals surface area contributed by atoms with E-state index in [9.17, 15) is 25.0 Å². The maximum atomic E-state index is 14.6. The van der Waals surface area contributed by atoms with Gasteiger partial charge in [0.05, 0.1) is 22.9 Å². The molecule has 0 heterocycles. The van der Waals surface area contributed by atoms with Gasteiger partial charge in [-0.2, -0.15) is 5.26 Å². The molecule has 6 aliphatic rings. The number of nitrogens with one attached hydrogen (secondary N) is 1. The Bertz CT molecular complexity index is 1420. The zero-order chi connectivity index (χ0) is 31.2. The van der Waals surface area contributed by atoms with Crippen LogP contribution in [0.4, 0.5) is 0 Å². The number of nitriles is 1. The summed E-state index contributed by atoms with van der Waals surface area (Å²) in [5, 5.41) is 26.3. The molecule has 0 unspecified atom stereocenters. The molecule has 9 nitrogen and oxygen atoms in total. The van der Waals surface area contributed by atoms with Crippen LogP contribution in [0.2, 0.25) is 0 Å². The van der Waals surface area contributed by atoms with Gasteiger partial charge in [0.25, 0.3) is 0 Å². The Morgan fingerprint density at radius 3 is 2.44 bits per heavy atom. The van der Waals surface area contributed by atoms with E-state index < -0.39 is 15.9 Å². The second-order valence-electron chi connectivity index (χ2n) is 15.9. The maximum absolute atomic E-state index is 14.6. The number of allylic oxidation sites excluding steroid dienone is 4. The number of hydrogen-bond donors (Lipinski definition) is 1. The van der Waals surface area contributed by atoms with E-state index in [1.807, 2.05) is 26.0 Å². The van der Waals surface area contributed by atoms with Crippen molar-refractivity contribution in [2.75, 3.05) is 13.2 Å². The molecule has 6 aliphatic carbocycles. The lowest BCUT2D eigenvalue weighted by Crippen LogP contribution is -2.66. The molecular formula is C34H46N4O5. The Morgan fingerprint density at radius 1 is 1.12 bits per heavy atom. The minimum atomic E-state index is -0.704. The quantitative estimate of drug-likeness (QED) is 0.138. The zero-order valence-corrected chi connectivity index (χ0v) is 26.5. The van der Waals surface area contributed by atoms with Crippen molar-refractivity contribution in [3.05, 3.63) is 33.4 Å². The van der Waals surface area contributed by atoms with Crippen LogP contribution in [-0.4, -0.2) is 41.2 Å². The van der Waals surface area contributed by atoms with Crippen LogP contribution in [-0.2, 0) is 14.3 Å². The number of amidine groups is 1. The highest BCUT2D eigenvalue weighted by molar-refractivity contribution is 6.04. The number of nitro groups is 1. The molecule has 0 saturated heterocycles. The van der Waals surface area contributed by atoms with Gasteiger partial charge >= 0.3 is 0 Å². The summed E-state index contributed by atoms with van der Waals surface area (Å²) in [7, 11) is 0. The molecule has 4 fully saturated rings. The number of ether oxygens (including phenoxy) is 1. The predicted molar refractivity (Wildman–Crippen MR) is 161 cm³/mol. The van der Waals surface area contributed by atoms with Crippen molar-refractivity contribution in [3.8, 4) is 6.07 Å². The van der Waals surface area contributed by atoms with Crippen molar-refractivity contribution in [2.45, 2.75) is 105 Å². The Hall–Kier alpha value is -2.86. The van der Waals surface area contributed by atoms with Crippen molar-refractivity contribution in [3.63, 3.8) is 0 Å². The summed E-state index contributed by atoms with van der Waals surface area (Å²) in [4.78, 5) is 38.6. The monoisotopic (exact) mass is 590 g/mol. The van der Waals surface area contributed by atoms with Gasteiger partial charge in [-0.15, -0.1) is 0 Å². The van der Waals surface area contributed by atoms with E-state index in [0.717, 1.165) is 50.5 Å². The lowest BCUT2D eigenvalue weighted by atomic mass is 9.35. The first-order chi connectivity index (χ1) is 20.1. The summed E-state index contributed by atoms with van der Waals surface area (Å²) in [6.07, 6.45) is 12.9. The first-order valence-electron chi connectivity index (χ1n) is 16.1. The molecule has 0 aromatic heterocycles. The fraction of sp³-hybridized carbons (Fsp3) is 0.765. The van der Waals surface area contributed by atoms with Gasteiger partial charge in [0.15, 0.2) is 22.4 Å². The van der Waals surface area contributed by atoms with E-state index in [1.54, 1.807) is 6.92 Å². The number of fused-ring (bicyclic) bond motifs is 7. The number of carbonyl (C=O) groups excluding carboxylic acids is 2. The molecule has 0 aliphatic heterocycles. The van der Waals surface area contributed by atoms with Gasteiger partial charge < -0.3 is 10.1 Å². The van der Waals surface area contributed by atoms with Gasteiger partial charge in [-0.1, -0.05) is 46.3 Å². The van der Waals surface area contributed by atoms with Gasteiger partial charge in [0, 0.05) is 23.3 Å². The number of hydrazone groups is 1. The van der Waals surface area contributed by atoms with Crippen LogP contribution in [0, 0.1) is 66.3 Å². The van der Waals surface area contributed by atoms with Crippen molar-refractivity contribution in [2.24, 2.45) is 49.9 Å². The van der Waals surface area contributed by atoms with Gasteiger partial charge in [0.2, 0.25) is 0 Å². The number of rotatable bonds is 5. The second kappa shape index (κ2) is 9.57. The van der Waals surface area contributed by atoms with Gasteiger partial charge in [-0.05, 0) is 98.9 Å². The molecule has 0 bridgehead atoms. The summed E-state index contributed by atoms with van der Waals surface area (Å²) < 4.78 is 6.79. The van der Waals surface area contributed by atoms with Crippen molar-refractivity contribution in [1.29, 1.82) is 5.26 Å². The average molecular weight is 591 g/mol. The molecule has 0 aromatic carbocycles. The standard InChI is InChI=1S/C34H46N4O5/c1-21(37-38(41)42)36-15-16-43-34-13-9-32(6)27(23(34)19-33(10-11-33)12-14-34)24(39)17-26-30(4)18-22(20-35)28(40)29(2,3)25(30)7-8-31(26,32)5/h17-18,23,25,27H,7-16,19H2,1-6H3,(H,36,37)/t23-,25-,27-,30-,31+,32+,34+/m0/s1. The second-order valence-corrected chi connectivity index (χ2v) is 15.9. The molecule has 232 valence electrons. The van der Waals surface area contributed by atoms with Crippen LogP contribution in [0.15, 0.2) is 28.4 Å². The summed E-state index contributed by atoms with van der Waals surface area (Å²) in [5.74, 6) is 0.328. The summed E-state index contributed by atoms with van der Waals surface area (Å²) in [5.41, 5.74) is -0.456. The fourth-order valence-electron chi connectivity index (χ4n) is 10.9. The summed E-state index contributed by atoms with van der Waals surface area (Å²) in [6.45, 7) is 13.2. The third kappa shape index (κ3) is 4.22. The van der Waals surface area contributed by atoms with E-state index in [1.165, 1.54) is 12.8 Å². The highest BCUT2D eigenvalue weighted by atomic mass is 16.7. The van der Waals surface area contributed by atoms with Crippen molar-refractivity contribution >= 4 is 17.4 Å². The normalized spacial score (nSPS) is 42.3. The molecule has 1 N–H and O–H groups in total. The lowest BCUT2D eigenvalue weighted by molar-refractivity contribution is -0.485. The van der Waals surface area contributed by atoms with Crippen molar-refractivity contribution in [1.82, 2.24) is 5.32 Å². The Labute approximate surface area is 254 Å². The SMILES string of the molecule is C/C(=N\[N+](=O)[O-])NCCO[C@]12CCC3(CC3)C[C@H]1[C@H]1C(=O)C=C3[C@@]4(C)C=C(C#N)C(=O)C(C)(C)[C@@H]4CC[C@@]3(C)[C@]1(C)CC2. The van der Waals surface area contributed by atoms with Crippen LogP contribution in [0.1, 0.15) is 99.3 Å². The maximum Gasteiger partial charge on any atom is 0.192 e. The van der Waals surface area contributed by atoms with Gasteiger partial charge in [0.1, 0.15) is 6.07 Å². The largest absolute Gasteiger partial charge is 0.373 e. The van der Waals surface area contributed by atoms with E-state index in [-0.39, 0.29) is 57.2 Å². The molecule has 0 radical (unpaired) electrons. The first-order valence-corrected chi connectivity index (χ1v) is 16.1. The van der Waals surface area contributed by atoms with E-state index in [4.69, 9.17) is 4.74 Å². The van der Waals surface area contributed by atoms with Crippen LogP contribution in [0.25, 0.3) is 0 Å². The Balaban J connectivity index is 1.37. The van der Waals surface area contributed by atoms with E-state index in [0.29, 0.717) is 18.6 Å². The van der Waals surface area contributed by atoms with Crippen molar-refractivity contribution < 1.29 is 19.4 Å². The summed E-state index contributed by atoms with van der Waals surface area (Å²) >= 11 is 0. The first kappa shape index (κ1) is 30.2. The third-order valence-corrected chi connectivity index (χ3v) is 13.6. The molecule has 6 rings (SSSR count). The highest BCUT2D eigenvalue weighted by Crippen LogP contribution is 2.75. The van der Waals surface area contributed by atoms with Crippen LogP contribution < -0.4 is 5.32 Å². The zero-order valence-electron chi connectivity index (χ0n) is 26.5. The minimum Gasteiger partial charge on any atom is -0.373 e. The van der Waals surface area contributed by atoms with Crippen LogP contribution >= 0.6 is 0 Å². The number of Topliss-reactive ketones (excluding diaryl/α,β-unsaturated/α-hetero) is 1. The number of nitrogens with zero attached hydrogens (tertiary/aromatic N) is 3. The third-order valence-electron chi connectivity index (χ3n) is 13.6. The molecule has 4 saturated carbocycles. The molecule has 0 amide bonds. The predicted octanol–water partition coefficient (Wildman–Crippen LogP) is 5.93. The lowest BCUT2D eigenvalue weighted by Gasteiger charge is -2.68. The Morgan fingerprint density at radius 2 is 1.79 bits per heavy atom. The highest BCUT2D eigenvalue weighted by Gasteiger charge is 2.71. The van der Waals surface area contributed by atoms with Crippen LogP contribution in [0.3, 0.4) is 0 Å². The molecule has 1 spiro atoms. The molecule has 0 aromatic rings. The smallest absolute Gasteiger partial charge is 0.192 e. The fourth-order valence-corrected chi connectivity index (χ4v) is 10.9. The number of hydrogen-bond acceptors (Lipinski definition) is 6. The van der Waals surface area contributed by atoms with Gasteiger partial charge in [-0.25, -0.2) is 10.1 Å². The topological polar surface area (TPSA) is 135 Å². The minimum absolute atomic E-state index is 0.0297. The van der Waals surface area contributed by atoms with Crippen LogP contribution in [0.5, 0.6) is 0 Å². The summed E-state index contributed by atoms with van der Waals surface area (Å²) in [6, 6.07) is 2.19. The molecule has 43 heavy (non-hydrogen) atoms. The Kier molecular flexibility index (Phi) is 6.72. The van der Waals surface area contributed by atoms with E-state index >= 15 is 0 Å². The average Bonchev–Trinajstić information content (AvgIpc) is 3.69. The number of carbonyl (C=O) groups is 2. The molecule has 7 atom stereocenters. The van der Waals surface area contributed by atoms with Gasteiger partial charge in [-0.3, -0.25) is 9.59 Å². The molecular weight excluding hydrogens is 544 g/mol.